The van der Waals surface area contributed by atoms with E-state index in [1.165, 1.54) is 19.3 Å². The van der Waals surface area contributed by atoms with Crippen LogP contribution < -0.4 is 0 Å². The summed E-state index contributed by atoms with van der Waals surface area (Å²) in [5, 5.41) is 0. The van der Waals surface area contributed by atoms with Crippen molar-refractivity contribution in [2.45, 2.75) is 78.2 Å². The molecule has 0 amide bonds. The minimum atomic E-state index is -0.141. The second-order valence-corrected chi connectivity index (χ2v) is 5.78. The summed E-state index contributed by atoms with van der Waals surface area (Å²) in [4.78, 5) is 12.2. The lowest BCUT2D eigenvalue weighted by Gasteiger charge is -2.37. The third-order valence-electron chi connectivity index (χ3n) is 4.27. The zero-order valence-electron chi connectivity index (χ0n) is 11.9. The van der Waals surface area contributed by atoms with Crippen molar-refractivity contribution in [1.82, 2.24) is 0 Å². The molecule has 0 spiro atoms. The first-order valence-corrected chi connectivity index (χ1v) is 7.27. The van der Waals surface area contributed by atoms with Crippen molar-refractivity contribution >= 4 is 5.97 Å². The lowest BCUT2D eigenvalue weighted by molar-refractivity contribution is -0.170. The molecule has 0 N–H and O–H groups in total. The van der Waals surface area contributed by atoms with Crippen molar-refractivity contribution in [3.63, 3.8) is 0 Å². The predicted octanol–water partition coefficient (Wildman–Crippen LogP) is 4.32. The number of carbonyl (C=O) groups excluding carboxylic acids is 1. The molecule has 0 bridgehead atoms. The van der Waals surface area contributed by atoms with Gasteiger partial charge in [-0.25, -0.2) is 0 Å². The van der Waals surface area contributed by atoms with Crippen LogP contribution in [0.3, 0.4) is 0 Å². The number of ether oxygens (including phenoxy) is 1. The van der Waals surface area contributed by atoms with E-state index in [4.69, 9.17) is 4.74 Å². The minimum Gasteiger partial charge on any atom is -0.459 e. The highest BCUT2D eigenvalue weighted by molar-refractivity contribution is 5.73. The summed E-state index contributed by atoms with van der Waals surface area (Å²) in [6.45, 7) is 8.43. The van der Waals surface area contributed by atoms with Crippen LogP contribution in [-0.4, -0.2) is 11.6 Å². The first kappa shape index (κ1) is 14.5. The summed E-state index contributed by atoms with van der Waals surface area (Å²) in [7, 11) is 0. The van der Waals surface area contributed by atoms with Gasteiger partial charge in [-0.3, -0.25) is 4.79 Å². The Morgan fingerprint density at radius 1 is 1.18 bits per heavy atom. The van der Waals surface area contributed by atoms with E-state index >= 15 is 0 Å². The molecule has 0 aromatic carbocycles. The van der Waals surface area contributed by atoms with Crippen molar-refractivity contribution in [2.75, 3.05) is 0 Å². The van der Waals surface area contributed by atoms with Gasteiger partial charge in [0.05, 0.1) is 5.92 Å². The Hall–Kier alpha value is -0.530. The van der Waals surface area contributed by atoms with Crippen LogP contribution in [0.5, 0.6) is 0 Å². The van der Waals surface area contributed by atoms with E-state index in [0.29, 0.717) is 5.92 Å². The van der Waals surface area contributed by atoms with E-state index in [9.17, 15) is 4.79 Å². The molecule has 17 heavy (non-hydrogen) atoms. The smallest absolute Gasteiger partial charge is 0.309 e. The van der Waals surface area contributed by atoms with Crippen LogP contribution in [0.15, 0.2) is 0 Å². The van der Waals surface area contributed by atoms with Crippen molar-refractivity contribution in [2.24, 2.45) is 11.8 Å². The van der Waals surface area contributed by atoms with E-state index in [1.807, 2.05) is 0 Å². The van der Waals surface area contributed by atoms with Gasteiger partial charge in [0.15, 0.2) is 0 Å². The number of rotatable bonds is 5. The van der Waals surface area contributed by atoms with Crippen LogP contribution in [-0.2, 0) is 9.53 Å². The van der Waals surface area contributed by atoms with Crippen LogP contribution >= 0.6 is 0 Å². The van der Waals surface area contributed by atoms with Crippen molar-refractivity contribution in [3.05, 3.63) is 0 Å². The largest absolute Gasteiger partial charge is 0.459 e. The number of esters is 1. The molecule has 0 aromatic heterocycles. The monoisotopic (exact) mass is 240 g/mol. The lowest BCUT2D eigenvalue weighted by atomic mass is 9.82. The number of carbonyl (C=O) groups is 1. The number of hydrogen-bond donors (Lipinski definition) is 0. The first-order chi connectivity index (χ1) is 8.04. The molecule has 0 heterocycles. The fraction of sp³-hybridized carbons (Fsp3) is 0.933. The average Bonchev–Trinajstić information content (AvgIpc) is 2.30. The molecule has 1 atom stereocenters. The quantitative estimate of drug-likeness (QED) is 0.669. The molecular formula is C15H28O2. The highest BCUT2D eigenvalue weighted by atomic mass is 16.6. The van der Waals surface area contributed by atoms with Crippen LogP contribution in [0.2, 0.25) is 0 Å². The Balaban J connectivity index is 2.63. The average molecular weight is 240 g/mol. The van der Waals surface area contributed by atoms with E-state index in [1.54, 1.807) is 0 Å². The fourth-order valence-corrected chi connectivity index (χ4v) is 2.92. The Labute approximate surface area is 106 Å². The molecule has 2 heteroatoms. The SMILES string of the molecule is CCC(C(=O)OC1(CC)CCCCC1)C(C)C. The maximum atomic E-state index is 12.2. The standard InChI is InChI=1S/C15H28O2/c1-5-13(12(3)4)14(16)17-15(6-2)10-8-7-9-11-15/h12-13H,5-11H2,1-4H3. The minimum absolute atomic E-state index is 0.0336. The fourth-order valence-electron chi connectivity index (χ4n) is 2.92. The van der Waals surface area contributed by atoms with Gasteiger partial charge in [0.25, 0.3) is 0 Å². The first-order valence-electron chi connectivity index (χ1n) is 7.27. The summed E-state index contributed by atoms with van der Waals surface area (Å²) in [6.07, 6.45) is 7.68. The third-order valence-corrected chi connectivity index (χ3v) is 4.27. The zero-order valence-corrected chi connectivity index (χ0v) is 11.9. The molecule has 100 valence electrons. The Morgan fingerprint density at radius 3 is 2.18 bits per heavy atom. The van der Waals surface area contributed by atoms with Gasteiger partial charge in [-0.2, -0.15) is 0 Å². The van der Waals surface area contributed by atoms with Gasteiger partial charge in [0.2, 0.25) is 0 Å². The summed E-state index contributed by atoms with van der Waals surface area (Å²) in [5.74, 6) is 0.483. The summed E-state index contributed by atoms with van der Waals surface area (Å²) >= 11 is 0. The lowest BCUT2D eigenvalue weighted by Crippen LogP contribution is -2.39. The Kier molecular flexibility index (Phi) is 5.48. The van der Waals surface area contributed by atoms with Crippen LogP contribution in [0, 0.1) is 11.8 Å². The highest BCUT2D eigenvalue weighted by Crippen LogP contribution is 2.35. The molecule has 0 radical (unpaired) electrons. The molecule has 0 aromatic rings. The molecule has 1 fully saturated rings. The van der Waals surface area contributed by atoms with Crippen LogP contribution in [0.25, 0.3) is 0 Å². The topological polar surface area (TPSA) is 26.3 Å². The van der Waals surface area contributed by atoms with Gasteiger partial charge in [-0.05, 0) is 44.4 Å². The maximum Gasteiger partial charge on any atom is 0.309 e. The van der Waals surface area contributed by atoms with Crippen molar-refractivity contribution in [3.8, 4) is 0 Å². The predicted molar refractivity (Wildman–Crippen MR) is 70.8 cm³/mol. The molecular weight excluding hydrogens is 212 g/mol. The molecule has 0 aliphatic heterocycles. The molecule has 1 aliphatic rings. The van der Waals surface area contributed by atoms with Crippen LogP contribution in [0.1, 0.15) is 72.6 Å². The normalized spacial score (nSPS) is 21.2. The molecule has 1 unspecified atom stereocenters. The second kappa shape index (κ2) is 6.42. The zero-order chi connectivity index (χ0) is 12.9. The van der Waals surface area contributed by atoms with Crippen molar-refractivity contribution in [1.29, 1.82) is 0 Å². The van der Waals surface area contributed by atoms with Gasteiger partial charge in [0.1, 0.15) is 5.60 Å². The van der Waals surface area contributed by atoms with Gasteiger partial charge >= 0.3 is 5.97 Å². The van der Waals surface area contributed by atoms with Crippen LogP contribution in [0.4, 0.5) is 0 Å². The van der Waals surface area contributed by atoms with E-state index in [0.717, 1.165) is 25.7 Å². The van der Waals surface area contributed by atoms with E-state index in [2.05, 4.69) is 27.7 Å². The molecule has 0 saturated heterocycles. The Morgan fingerprint density at radius 2 is 1.76 bits per heavy atom. The number of hydrogen-bond acceptors (Lipinski definition) is 2. The van der Waals surface area contributed by atoms with Gasteiger partial charge in [-0.15, -0.1) is 0 Å². The van der Waals surface area contributed by atoms with Gasteiger partial charge < -0.3 is 4.74 Å². The van der Waals surface area contributed by atoms with Gasteiger partial charge in [-0.1, -0.05) is 34.1 Å². The maximum absolute atomic E-state index is 12.2. The highest BCUT2D eigenvalue weighted by Gasteiger charge is 2.36. The Bertz CT molecular complexity index is 239. The van der Waals surface area contributed by atoms with Crippen molar-refractivity contribution < 1.29 is 9.53 Å². The molecule has 2 nitrogen and oxygen atoms in total. The molecule has 1 aliphatic carbocycles. The molecule has 1 saturated carbocycles. The van der Waals surface area contributed by atoms with E-state index < -0.39 is 0 Å². The summed E-state index contributed by atoms with van der Waals surface area (Å²) in [5.41, 5.74) is -0.141. The summed E-state index contributed by atoms with van der Waals surface area (Å²) in [6, 6.07) is 0. The van der Waals surface area contributed by atoms with Gasteiger partial charge in [0, 0.05) is 0 Å². The second-order valence-electron chi connectivity index (χ2n) is 5.78. The third kappa shape index (κ3) is 3.72. The molecule has 1 rings (SSSR count). The van der Waals surface area contributed by atoms with E-state index in [-0.39, 0.29) is 17.5 Å². The summed E-state index contributed by atoms with van der Waals surface area (Å²) < 4.78 is 5.90.